The Morgan fingerprint density at radius 2 is 1.80 bits per heavy atom. The van der Waals surface area contributed by atoms with Gasteiger partial charge >= 0.3 is 6.03 Å². The van der Waals surface area contributed by atoms with Crippen LogP contribution in [0.25, 0.3) is 10.4 Å². The van der Waals surface area contributed by atoms with Crippen molar-refractivity contribution in [3.8, 4) is 0 Å². The number of rotatable bonds is 6. The average Bonchev–Trinajstić information content (AvgIpc) is 3.19. The van der Waals surface area contributed by atoms with Crippen LogP contribution in [-0.2, 0) is 35.7 Å². The van der Waals surface area contributed by atoms with E-state index < -0.39 is 16.1 Å². The second-order valence-electron chi connectivity index (χ2n) is 6.42. The molecule has 2 aliphatic rings. The Morgan fingerprint density at radius 1 is 1.16 bits per heavy atom. The van der Waals surface area contributed by atoms with Crippen LogP contribution in [0.2, 0.25) is 0 Å². The van der Waals surface area contributed by atoms with E-state index in [1.807, 2.05) is 0 Å². The van der Waals surface area contributed by atoms with Crippen LogP contribution in [0.4, 0.5) is 10.5 Å². The van der Waals surface area contributed by atoms with E-state index in [1.54, 1.807) is 0 Å². The summed E-state index contributed by atoms with van der Waals surface area (Å²) in [6, 6.07) is 1.53. The standard InChI is InChI=1S/C16H21N5O3S/c17-21-18-8-3-9-25(23,24)20-16(22)19-15-13-6-1-4-11(13)10-12-5-2-7-14(12)15/h10H,1-9H2,(H2,19,20,22). The van der Waals surface area contributed by atoms with Crippen molar-refractivity contribution in [3.63, 3.8) is 0 Å². The van der Waals surface area contributed by atoms with Gasteiger partial charge in [0.15, 0.2) is 0 Å². The zero-order chi connectivity index (χ0) is 17.9. The molecule has 1 aromatic carbocycles. The molecule has 0 bridgehead atoms. The number of carbonyl (C=O) groups excluding carboxylic acids is 1. The molecule has 3 rings (SSSR count). The van der Waals surface area contributed by atoms with E-state index in [-0.39, 0.29) is 18.7 Å². The number of amides is 2. The predicted molar refractivity (Wildman–Crippen MR) is 95.1 cm³/mol. The van der Waals surface area contributed by atoms with Gasteiger partial charge in [-0.25, -0.2) is 17.9 Å². The molecule has 0 radical (unpaired) electrons. The van der Waals surface area contributed by atoms with Gasteiger partial charge in [0.2, 0.25) is 10.0 Å². The molecule has 134 valence electrons. The fourth-order valence-electron chi connectivity index (χ4n) is 3.67. The number of aryl methyl sites for hydroxylation is 2. The third-order valence-electron chi connectivity index (χ3n) is 4.69. The smallest absolute Gasteiger partial charge is 0.307 e. The van der Waals surface area contributed by atoms with E-state index in [1.165, 1.54) is 11.1 Å². The Morgan fingerprint density at radius 3 is 2.40 bits per heavy atom. The first-order valence-electron chi connectivity index (χ1n) is 8.49. The molecule has 2 N–H and O–H groups in total. The monoisotopic (exact) mass is 363 g/mol. The Labute approximate surface area is 146 Å². The number of anilines is 1. The second kappa shape index (κ2) is 7.33. The van der Waals surface area contributed by atoms with Gasteiger partial charge in [0.25, 0.3) is 0 Å². The highest BCUT2D eigenvalue weighted by molar-refractivity contribution is 7.90. The fraction of sp³-hybridized carbons (Fsp3) is 0.562. The van der Waals surface area contributed by atoms with Crippen LogP contribution in [0, 0.1) is 0 Å². The normalized spacial score (nSPS) is 15.2. The van der Waals surface area contributed by atoms with Gasteiger partial charge in [-0.2, -0.15) is 0 Å². The van der Waals surface area contributed by atoms with Gasteiger partial charge < -0.3 is 5.32 Å². The second-order valence-corrected chi connectivity index (χ2v) is 8.26. The van der Waals surface area contributed by atoms with Crippen molar-refractivity contribution >= 4 is 21.7 Å². The maximum Gasteiger partial charge on any atom is 0.332 e. The Hall–Kier alpha value is -2.25. The summed E-state index contributed by atoms with van der Waals surface area (Å²) < 4.78 is 26.0. The van der Waals surface area contributed by atoms with E-state index in [0.717, 1.165) is 55.3 Å². The highest BCUT2D eigenvalue weighted by Crippen LogP contribution is 2.38. The third-order valence-corrected chi connectivity index (χ3v) is 6.02. The maximum absolute atomic E-state index is 12.2. The molecule has 0 aliphatic heterocycles. The molecule has 0 aromatic heterocycles. The summed E-state index contributed by atoms with van der Waals surface area (Å²) in [7, 11) is -3.75. The highest BCUT2D eigenvalue weighted by atomic mass is 32.2. The summed E-state index contributed by atoms with van der Waals surface area (Å²) in [5, 5.41) is 6.08. The Bertz CT molecular complexity index is 812. The van der Waals surface area contributed by atoms with Gasteiger partial charge in [0.1, 0.15) is 0 Å². The van der Waals surface area contributed by atoms with Gasteiger partial charge in [-0.15, -0.1) is 0 Å². The SMILES string of the molecule is [N-]=[N+]=NCCCS(=O)(=O)NC(=O)Nc1c2c(cc3c1CCC3)CCC2. The van der Waals surface area contributed by atoms with Crippen LogP contribution in [0.15, 0.2) is 11.2 Å². The molecule has 25 heavy (non-hydrogen) atoms. The van der Waals surface area contributed by atoms with Crippen LogP contribution in [0.5, 0.6) is 0 Å². The number of hydrogen-bond donors (Lipinski definition) is 2. The van der Waals surface area contributed by atoms with Gasteiger partial charge in [-0.05, 0) is 72.7 Å². The molecule has 0 saturated heterocycles. The highest BCUT2D eigenvalue weighted by Gasteiger charge is 2.25. The lowest BCUT2D eigenvalue weighted by atomic mass is 9.99. The number of benzene rings is 1. The van der Waals surface area contributed by atoms with E-state index in [9.17, 15) is 13.2 Å². The molecule has 1 aromatic rings. The van der Waals surface area contributed by atoms with Gasteiger partial charge in [0.05, 0.1) is 5.75 Å². The minimum atomic E-state index is -3.75. The quantitative estimate of drug-likeness (QED) is 0.349. The number of nitrogens with zero attached hydrogens (tertiary/aromatic N) is 3. The number of nitrogens with one attached hydrogen (secondary N) is 2. The summed E-state index contributed by atoms with van der Waals surface area (Å²) >= 11 is 0. The van der Waals surface area contributed by atoms with E-state index in [0.29, 0.717) is 0 Å². The number of azide groups is 1. The largest absolute Gasteiger partial charge is 0.332 e. The van der Waals surface area contributed by atoms with Crippen LogP contribution >= 0.6 is 0 Å². The molecule has 0 fully saturated rings. The van der Waals surface area contributed by atoms with Crippen molar-refractivity contribution in [2.75, 3.05) is 17.6 Å². The Balaban J connectivity index is 1.71. The summed E-state index contributed by atoms with van der Waals surface area (Å²) in [6.45, 7) is 0.0821. The lowest BCUT2D eigenvalue weighted by Crippen LogP contribution is -2.36. The molecule has 0 atom stereocenters. The molecule has 0 heterocycles. The first-order chi connectivity index (χ1) is 12.0. The van der Waals surface area contributed by atoms with E-state index in [2.05, 4.69) is 26.1 Å². The molecule has 8 nitrogen and oxygen atoms in total. The number of urea groups is 1. The molecule has 2 aliphatic carbocycles. The van der Waals surface area contributed by atoms with Crippen molar-refractivity contribution < 1.29 is 13.2 Å². The molecule has 2 amide bonds. The van der Waals surface area contributed by atoms with E-state index >= 15 is 0 Å². The van der Waals surface area contributed by atoms with Crippen LogP contribution in [0.1, 0.15) is 41.5 Å². The first-order valence-corrected chi connectivity index (χ1v) is 10.1. The zero-order valence-corrected chi connectivity index (χ0v) is 14.7. The number of fused-ring (bicyclic) bond motifs is 2. The molecule has 0 saturated carbocycles. The minimum absolute atomic E-state index is 0.0821. The third kappa shape index (κ3) is 4.05. The topological polar surface area (TPSA) is 124 Å². The van der Waals surface area contributed by atoms with Crippen molar-refractivity contribution in [2.24, 2.45) is 5.11 Å². The zero-order valence-electron chi connectivity index (χ0n) is 13.9. The lowest BCUT2D eigenvalue weighted by Gasteiger charge is -2.16. The number of sulfonamides is 1. The molecule has 9 heteroatoms. The van der Waals surface area contributed by atoms with Gasteiger partial charge in [-0.1, -0.05) is 11.2 Å². The lowest BCUT2D eigenvalue weighted by molar-refractivity contribution is 0.256. The predicted octanol–water partition coefficient (Wildman–Crippen LogP) is 2.82. The molecule has 0 unspecified atom stereocenters. The maximum atomic E-state index is 12.2. The summed E-state index contributed by atoms with van der Waals surface area (Å²) in [5.41, 5.74) is 13.8. The minimum Gasteiger partial charge on any atom is -0.307 e. The van der Waals surface area contributed by atoms with Crippen LogP contribution < -0.4 is 10.0 Å². The summed E-state index contributed by atoms with van der Waals surface area (Å²) in [5.74, 6) is -0.259. The average molecular weight is 363 g/mol. The van der Waals surface area contributed by atoms with Crippen LogP contribution in [-0.4, -0.2) is 26.7 Å². The van der Waals surface area contributed by atoms with Crippen molar-refractivity contribution in [2.45, 2.75) is 44.9 Å². The van der Waals surface area contributed by atoms with Crippen molar-refractivity contribution in [1.29, 1.82) is 0 Å². The van der Waals surface area contributed by atoms with Gasteiger partial charge in [0, 0.05) is 17.1 Å². The first kappa shape index (κ1) is 17.6. The summed E-state index contributed by atoms with van der Waals surface area (Å²) in [6.07, 6.45) is 6.14. The fourth-order valence-corrected chi connectivity index (χ4v) is 4.61. The van der Waals surface area contributed by atoms with Crippen LogP contribution in [0.3, 0.4) is 0 Å². The van der Waals surface area contributed by atoms with Gasteiger partial charge in [-0.3, -0.25) is 0 Å². The summed E-state index contributed by atoms with van der Waals surface area (Å²) in [4.78, 5) is 14.8. The molecule has 0 spiro atoms. The molecular formula is C16H21N5O3S. The number of carbonyl (C=O) groups is 1. The molecular weight excluding hydrogens is 342 g/mol. The van der Waals surface area contributed by atoms with Crippen molar-refractivity contribution in [3.05, 3.63) is 38.8 Å². The Kier molecular flexibility index (Phi) is 5.15. The van der Waals surface area contributed by atoms with Crippen molar-refractivity contribution in [1.82, 2.24) is 4.72 Å². The number of hydrogen-bond acceptors (Lipinski definition) is 4. The van der Waals surface area contributed by atoms with E-state index in [4.69, 9.17) is 5.53 Å².